The third-order valence-electron chi connectivity index (χ3n) is 3.27. The van der Waals surface area contributed by atoms with Crippen molar-refractivity contribution in [2.45, 2.75) is 45.7 Å². The summed E-state index contributed by atoms with van der Waals surface area (Å²) in [6.07, 6.45) is 3.51. The monoisotopic (exact) mass is 403 g/mol. The fourth-order valence-corrected chi connectivity index (χ4v) is 1.95. The Labute approximate surface area is 144 Å². The first-order chi connectivity index (χ1) is 9.72. The minimum atomic E-state index is 0. The Morgan fingerprint density at radius 1 is 1.38 bits per heavy atom. The van der Waals surface area contributed by atoms with Crippen molar-refractivity contribution < 1.29 is 4.74 Å². The highest BCUT2D eigenvalue weighted by molar-refractivity contribution is 14.0. The highest BCUT2D eigenvalue weighted by atomic mass is 127. The van der Waals surface area contributed by atoms with Gasteiger partial charge in [0.25, 0.3) is 0 Å². The van der Waals surface area contributed by atoms with E-state index >= 15 is 0 Å². The van der Waals surface area contributed by atoms with Gasteiger partial charge in [0.2, 0.25) is 0 Å². The number of hydrogen-bond acceptors (Lipinski definition) is 2. The first kappa shape index (κ1) is 18.1. The predicted octanol–water partition coefficient (Wildman–Crippen LogP) is 3.23. The maximum absolute atomic E-state index is 5.83. The van der Waals surface area contributed by atoms with E-state index in [1.165, 1.54) is 24.0 Å². The predicted molar refractivity (Wildman–Crippen MR) is 98.7 cm³/mol. The van der Waals surface area contributed by atoms with Gasteiger partial charge in [0, 0.05) is 25.2 Å². The van der Waals surface area contributed by atoms with Crippen LogP contribution in [-0.2, 0) is 6.54 Å². The van der Waals surface area contributed by atoms with Crippen LogP contribution in [0.5, 0.6) is 5.75 Å². The Balaban J connectivity index is 0.00000220. The molecule has 0 spiro atoms. The second kappa shape index (κ2) is 9.12. The summed E-state index contributed by atoms with van der Waals surface area (Å²) < 4.78 is 5.83. The van der Waals surface area contributed by atoms with Gasteiger partial charge in [0.05, 0.1) is 6.61 Å². The van der Waals surface area contributed by atoms with Crippen molar-refractivity contribution in [3.8, 4) is 5.75 Å². The van der Waals surface area contributed by atoms with Crippen LogP contribution in [0.25, 0.3) is 0 Å². The molecule has 2 N–H and O–H groups in total. The number of nitrogens with one attached hydrogen (secondary N) is 2. The minimum absolute atomic E-state index is 0. The van der Waals surface area contributed by atoms with Crippen molar-refractivity contribution in [1.29, 1.82) is 0 Å². The topological polar surface area (TPSA) is 45.6 Å². The average molecular weight is 403 g/mol. The molecule has 21 heavy (non-hydrogen) atoms. The maximum atomic E-state index is 5.83. The second-order valence-electron chi connectivity index (χ2n) is 5.30. The zero-order chi connectivity index (χ0) is 14.4. The molecule has 2 rings (SSSR count). The van der Waals surface area contributed by atoms with Crippen molar-refractivity contribution >= 4 is 29.9 Å². The molecule has 1 aromatic rings. The molecule has 1 aliphatic rings. The lowest BCUT2D eigenvalue weighted by molar-refractivity contribution is 0.313. The Bertz CT molecular complexity index is 473. The molecule has 5 heteroatoms. The van der Waals surface area contributed by atoms with Gasteiger partial charge in [0.15, 0.2) is 5.96 Å². The average Bonchev–Trinajstić information content (AvgIpc) is 3.26. The van der Waals surface area contributed by atoms with Crippen molar-refractivity contribution in [1.82, 2.24) is 10.6 Å². The van der Waals surface area contributed by atoms with E-state index in [4.69, 9.17) is 4.74 Å². The highest BCUT2D eigenvalue weighted by Crippen LogP contribution is 2.21. The van der Waals surface area contributed by atoms with Crippen molar-refractivity contribution in [3.05, 3.63) is 29.3 Å². The quantitative estimate of drug-likeness (QED) is 0.436. The molecule has 0 aromatic heterocycles. The Morgan fingerprint density at radius 2 is 2.14 bits per heavy atom. The fourth-order valence-electron chi connectivity index (χ4n) is 1.95. The third kappa shape index (κ3) is 6.11. The van der Waals surface area contributed by atoms with Gasteiger partial charge in [0.1, 0.15) is 5.75 Å². The Kier molecular flexibility index (Phi) is 7.85. The number of aliphatic imine (C=N–C) groups is 1. The number of ether oxygens (including phenoxy) is 1. The lowest BCUT2D eigenvalue weighted by atomic mass is 10.1. The summed E-state index contributed by atoms with van der Waals surface area (Å²) in [6, 6.07) is 6.95. The number of hydrogen-bond donors (Lipinski definition) is 2. The SMILES string of the molecule is CCCOc1cc(C)ccc1CNC(=NC)NC1CC1.I. The van der Waals surface area contributed by atoms with E-state index < -0.39 is 0 Å². The van der Waals surface area contributed by atoms with Crippen LogP contribution in [0.3, 0.4) is 0 Å². The van der Waals surface area contributed by atoms with Crippen molar-refractivity contribution in [3.63, 3.8) is 0 Å². The van der Waals surface area contributed by atoms with Crippen LogP contribution in [-0.4, -0.2) is 25.7 Å². The van der Waals surface area contributed by atoms with Crippen LogP contribution in [0.2, 0.25) is 0 Å². The molecule has 4 nitrogen and oxygen atoms in total. The molecule has 0 amide bonds. The molecule has 0 heterocycles. The van der Waals surface area contributed by atoms with E-state index in [9.17, 15) is 0 Å². The number of nitrogens with zero attached hydrogens (tertiary/aromatic N) is 1. The van der Waals surface area contributed by atoms with Crippen LogP contribution >= 0.6 is 24.0 Å². The summed E-state index contributed by atoms with van der Waals surface area (Å²) in [5.41, 5.74) is 2.39. The second-order valence-corrected chi connectivity index (χ2v) is 5.30. The van der Waals surface area contributed by atoms with Crippen molar-refractivity contribution in [2.75, 3.05) is 13.7 Å². The lowest BCUT2D eigenvalue weighted by Crippen LogP contribution is -2.38. The molecule has 118 valence electrons. The van der Waals surface area contributed by atoms with Gasteiger partial charge >= 0.3 is 0 Å². The summed E-state index contributed by atoms with van der Waals surface area (Å²) in [5.74, 6) is 1.84. The molecule has 0 atom stereocenters. The van der Waals surface area contributed by atoms with Crippen LogP contribution in [0.4, 0.5) is 0 Å². The van der Waals surface area contributed by atoms with Crippen LogP contribution in [0, 0.1) is 6.92 Å². The third-order valence-corrected chi connectivity index (χ3v) is 3.27. The summed E-state index contributed by atoms with van der Waals surface area (Å²) in [5, 5.41) is 6.74. The van der Waals surface area contributed by atoms with Gasteiger partial charge in [-0.05, 0) is 37.8 Å². The highest BCUT2D eigenvalue weighted by Gasteiger charge is 2.22. The first-order valence-corrected chi connectivity index (χ1v) is 7.42. The molecular formula is C16H26IN3O. The summed E-state index contributed by atoms with van der Waals surface area (Å²) in [6.45, 7) is 5.69. The van der Waals surface area contributed by atoms with Crippen molar-refractivity contribution in [2.24, 2.45) is 4.99 Å². The van der Waals surface area contributed by atoms with Gasteiger partial charge in [-0.1, -0.05) is 19.1 Å². The van der Waals surface area contributed by atoms with Gasteiger partial charge in [-0.2, -0.15) is 0 Å². The van der Waals surface area contributed by atoms with E-state index in [2.05, 4.69) is 47.7 Å². The standard InChI is InChI=1S/C16H25N3O.HI/c1-4-9-20-15-10-12(2)5-6-13(15)11-18-16(17-3)19-14-7-8-14;/h5-6,10,14H,4,7-9,11H2,1-3H3,(H2,17,18,19);1H. The summed E-state index contributed by atoms with van der Waals surface area (Å²) in [4.78, 5) is 4.25. The molecule has 0 saturated heterocycles. The zero-order valence-corrected chi connectivity index (χ0v) is 15.4. The van der Waals surface area contributed by atoms with E-state index in [1.54, 1.807) is 7.05 Å². The number of halogens is 1. The fraction of sp³-hybridized carbons (Fsp3) is 0.562. The van der Waals surface area contributed by atoms with Gasteiger partial charge in [-0.3, -0.25) is 4.99 Å². The van der Waals surface area contributed by atoms with E-state index in [1.807, 2.05) is 0 Å². The number of benzene rings is 1. The number of aryl methyl sites for hydroxylation is 1. The Hall–Kier alpha value is -0.980. The molecule has 0 unspecified atom stereocenters. The Morgan fingerprint density at radius 3 is 2.76 bits per heavy atom. The summed E-state index contributed by atoms with van der Waals surface area (Å²) >= 11 is 0. The minimum Gasteiger partial charge on any atom is -0.493 e. The van der Waals surface area contributed by atoms with E-state index in [-0.39, 0.29) is 24.0 Å². The molecule has 1 fully saturated rings. The largest absolute Gasteiger partial charge is 0.493 e. The molecule has 0 radical (unpaired) electrons. The van der Waals surface area contributed by atoms with Gasteiger partial charge in [-0.15, -0.1) is 24.0 Å². The normalized spacial score (nSPS) is 14.3. The number of rotatable bonds is 6. The van der Waals surface area contributed by atoms with E-state index in [0.717, 1.165) is 31.3 Å². The molecule has 0 aliphatic heterocycles. The first-order valence-electron chi connectivity index (χ1n) is 7.42. The maximum Gasteiger partial charge on any atom is 0.191 e. The van der Waals surface area contributed by atoms with Crippen LogP contribution in [0.15, 0.2) is 23.2 Å². The number of guanidine groups is 1. The molecule has 1 saturated carbocycles. The molecule has 0 bridgehead atoms. The summed E-state index contributed by atoms with van der Waals surface area (Å²) in [7, 11) is 1.81. The molecule has 1 aromatic carbocycles. The lowest BCUT2D eigenvalue weighted by Gasteiger charge is -2.15. The van der Waals surface area contributed by atoms with Gasteiger partial charge in [-0.25, -0.2) is 0 Å². The zero-order valence-electron chi connectivity index (χ0n) is 13.1. The smallest absolute Gasteiger partial charge is 0.191 e. The van der Waals surface area contributed by atoms with Gasteiger partial charge < -0.3 is 15.4 Å². The van der Waals surface area contributed by atoms with Crippen LogP contribution < -0.4 is 15.4 Å². The molecular weight excluding hydrogens is 377 g/mol. The molecule has 1 aliphatic carbocycles. The van der Waals surface area contributed by atoms with Crippen LogP contribution in [0.1, 0.15) is 37.3 Å². The van der Waals surface area contributed by atoms with E-state index in [0.29, 0.717) is 6.04 Å².